The third kappa shape index (κ3) is 3.36. The fourth-order valence-electron chi connectivity index (χ4n) is 4.16. The van der Waals surface area contributed by atoms with Crippen LogP contribution in [0.25, 0.3) is 0 Å². The van der Waals surface area contributed by atoms with Crippen LogP contribution in [0.3, 0.4) is 0 Å². The number of alkyl halides is 3. The molecule has 2 heterocycles. The third-order valence-corrected chi connectivity index (χ3v) is 5.58. The van der Waals surface area contributed by atoms with Gasteiger partial charge in [-0.25, -0.2) is 4.39 Å². The predicted octanol–water partition coefficient (Wildman–Crippen LogP) is 3.99. The zero-order valence-electron chi connectivity index (χ0n) is 15.5. The van der Waals surface area contributed by atoms with E-state index in [1.54, 1.807) is 4.90 Å². The number of benzene rings is 2. The lowest BCUT2D eigenvalue weighted by atomic mass is 9.85. The Morgan fingerprint density at radius 2 is 1.76 bits per heavy atom. The van der Waals surface area contributed by atoms with Crippen molar-refractivity contribution in [3.05, 3.63) is 70.5 Å². The van der Waals surface area contributed by atoms with E-state index in [0.29, 0.717) is 18.7 Å². The Hall–Kier alpha value is -2.90. The molecule has 2 aliphatic rings. The first-order valence-electron chi connectivity index (χ1n) is 9.21. The number of hydrogen-bond donors (Lipinski definition) is 0. The zero-order valence-corrected chi connectivity index (χ0v) is 15.5. The Labute approximate surface area is 164 Å². The van der Waals surface area contributed by atoms with Gasteiger partial charge in [0, 0.05) is 18.7 Å². The summed E-state index contributed by atoms with van der Waals surface area (Å²) in [6.07, 6.45) is -4.91. The number of hydrogen-bond acceptors (Lipinski definition) is 2. The van der Waals surface area contributed by atoms with Crippen LogP contribution in [0.15, 0.2) is 42.5 Å². The van der Waals surface area contributed by atoms with Gasteiger partial charge in [0.15, 0.2) is 0 Å². The number of halogens is 4. The lowest BCUT2D eigenvalue weighted by molar-refractivity contribution is -0.141. The summed E-state index contributed by atoms with van der Waals surface area (Å²) in [4.78, 5) is 28.5. The van der Waals surface area contributed by atoms with Gasteiger partial charge >= 0.3 is 6.18 Å². The molecule has 2 atom stereocenters. The first-order chi connectivity index (χ1) is 13.7. The molecule has 4 rings (SSSR count). The van der Waals surface area contributed by atoms with E-state index in [0.717, 1.165) is 17.2 Å². The van der Waals surface area contributed by atoms with Crippen molar-refractivity contribution < 1.29 is 27.2 Å². The van der Waals surface area contributed by atoms with Gasteiger partial charge in [-0.1, -0.05) is 31.2 Å². The average Bonchev–Trinajstić information content (AvgIpc) is 2.68. The minimum absolute atomic E-state index is 0.153. The van der Waals surface area contributed by atoms with E-state index in [-0.39, 0.29) is 36.5 Å². The maximum Gasteiger partial charge on any atom is 0.419 e. The van der Waals surface area contributed by atoms with E-state index in [2.05, 4.69) is 0 Å². The van der Waals surface area contributed by atoms with Crippen LogP contribution in [0.2, 0.25) is 0 Å². The monoisotopic (exact) mass is 406 g/mol. The molecule has 0 spiro atoms. The van der Waals surface area contributed by atoms with Crippen LogP contribution in [0, 0.1) is 5.82 Å². The summed E-state index contributed by atoms with van der Waals surface area (Å²) < 4.78 is 52.5. The third-order valence-electron chi connectivity index (χ3n) is 5.58. The van der Waals surface area contributed by atoms with Gasteiger partial charge in [0.2, 0.25) is 5.91 Å². The lowest BCUT2D eigenvalue weighted by Gasteiger charge is -2.46. The Morgan fingerprint density at radius 1 is 1.07 bits per heavy atom. The number of rotatable bonds is 1. The molecule has 4 nitrogen and oxygen atoms in total. The first-order valence-corrected chi connectivity index (χ1v) is 9.21. The SMILES string of the molecule is C[C@H]1CN2C(=O)CN(C(=O)c3ccc(F)c(C(F)(F)F)c3)C[C@H]2c2ccccc21. The van der Waals surface area contributed by atoms with Crippen molar-refractivity contribution in [2.45, 2.75) is 25.1 Å². The van der Waals surface area contributed by atoms with Crippen molar-refractivity contribution in [1.82, 2.24) is 9.80 Å². The summed E-state index contributed by atoms with van der Waals surface area (Å²) in [5.74, 6) is -2.26. The fourth-order valence-corrected chi connectivity index (χ4v) is 4.16. The van der Waals surface area contributed by atoms with Gasteiger partial charge in [0.1, 0.15) is 12.4 Å². The van der Waals surface area contributed by atoms with E-state index in [4.69, 9.17) is 0 Å². The minimum Gasteiger partial charge on any atom is -0.332 e. The molecule has 2 aromatic rings. The van der Waals surface area contributed by atoms with E-state index < -0.39 is 23.5 Å². The summed E-state index contributed by atoms with van der Waals surface area (Å²) in [7, 11) is 0. The predicted molar refractivity (Wildman–Crippen MR) is 96.6 cm³/mol. The van der Waals surface area contributed by atoms with E-state index >= 15 is 0 Å². The number of piperazine rings is 1. The molecule has 0 saturated carbocycles. The molecule has 1 fully saturated rings. The van der Waals surface area contributed by atoms with Crippen LogP contribution in [-0.4, -0.2) is 41.2 Å². The number of amides is 2. The maximum absolute atomic E-state index is 13.6. The molecule has 1 saturated heterocycles. The van der Waals surface area contributed by atoms with Crippen molar-refractivity contribution in [1.29, 1.82) is 0 Å². The first kappa shape index (κ1) is 19.4. The van der Waals surface area contributed by atoms with Crippen LogP contribution in [0.4, 0.5) is 17.6 Å². The van der Waals surface area contributed by atoms with E-state index in [1.807, 2.05) is 31.2 Å². The van der Waals surface area contributed by atoms with Crippen molar-refractivity contribution in [3.63, 3.8) is 0 Å². The minimum atomic E-state index is -4.91. The lowest BCUT2D eigenvalue weighted by Crippen LogP contribution is -2.56. The fraction of sp³-hybridized carbons (Fsp3) is 0.333. The number of carbonyl (C=O) groups excluding carboxylic acids is 2. The number of fused-ring (bicyclic) bond motifs is 3. The highest BCUT2D eigenvalue weighted by molar-refractivity contribution is 5.97. The molecule has 2 aliphatic heterocycles. The molecular formula is C21H18F4N2O2. The van der Waals surface area contributed by atoms with E-state index in [9.17, 15) is 27.2 Å². The van der Waals surface area contributed by atoms with E-state index in [1.165, 1.54) is 4.90 Å². The number of nitrogens with zero attached hydrogens (tertiary/aromatic N) is 2. The normalized spacial score (nSPS) is 21.6. The molecule has 0 radical (unpaired) electrons. The smallest absolute Gasteiger partial charge is 0.332 e. The highest BCUT2D eigenvalue weighted by Gasteiger charge is 2.41. The zero-order chi connectivity index (χ0) is 20.9. The topological polar surface area (TPSA) is 40.6 Å². The largest absolute Gasteiger partial charge is 0.419 e. The van der Waals surface area contributed by atoms with Gasteiger partial charge < -0.3 is 9.80 Å². The highest BCUT2D eigenvalue weighted by Crippen LogP contribution is 2.38. The quantitative estimate of drug-likeness (QED) is 0.672. The van der Waals surface area contributed by atoms with Gasteiger partial charge in [-0.3, -0.25) is 9.59 Å². The van der Waals surface area contributed by atoms with Gasteiger partial charge in [-0.15, -0.1) is 0 Å². The molecule has 0 aromatic heterocycles. The van der Waals surface area contributed by atoms with Crippen LogP contribution >= 0.6 is 0 Å². The van der Waals surface area contributed by atoms with Crippen LogP contribution in [-0.2, 0) is 11.0 Å². The summed E-state index contributed by atoms with van der Waals surface area (Å²) in [6, 6.07) is 9.46. The number of carbonyl (C=O) groups is 2. The second-order valence-corrected chi connectivity index (χ2v) is 7.47. The molecule has 2 aromatic carbocycles. The van der Waals surface area contributed by atoms with Crippen molar-refractivity contribution >= 4 is 11.8 Å². The van der Waals surface area contributed by atoms with Gasteiger partial charge in [0.05, 0.1) is 11.6 Å². The summed E-state index contributed by atoms with van der Waals surface area (Å²) >= 11 is 0. The van der Waals surface area contributed by atoms with Gasteiger partial charge in [0.25, 0.3) is 5.91 Å². The molecule has 8 heteroatoms. The average molecular weight is 406 g/mol. The molecule has 0 N–H and O–H groups in total. The molecule has 0 bridgehead atoms. The second kappa shape index (κ2) is 6.86. The molecule has 0 unspecified atom stereocenters. The molecule has 29 heavy (non-hydrogen) atoms. The molecule has 152 valence electrons. The maximum atomic E-state index is 13.6. The summed E-state index contributed by atoms with van der Waals surface area (Å²) in [6.45, 7) is 2.50. The Bertz CT molecular complexity index is 989. The Kier molecular flexibility index (Phi) is 4.59. The van der Waals surface area contributed by atoms with Crippen LogP contribution in [0.5, 0.6) is 0 Å². The standard InChI is InChI=1S/C21H18F4N2O2/c1-12-9-27-18(15-5-3-2-4-14(12)15)10-26(11-19(27)28)20(29)13-6-7-17(22)16(8-13)21(23,24)25/h2-8,12,18H,9-11H2,1H3/t12-,18-/m0/s1. The van der Waals surface area contributed by atoms with Crippen LogP contribution in [0.1, 0.15) is 45.9 Å². The summed E-state index contributed by atoms with van der Waals surface area (Å²) in [5, 5.41) is 0. The summed E-state index contributed by atoms with van der Waals surface area (Å²) in [5.41, 5.74) is 0.242. The highest BCUT2D eigenvalue weighted by atomic mass is 19.4. The molecular weight excluding hydrogens is 388 g/mol. The second-order valence-electron chi connectivity index (χ2n) is 7.47. The van der Waals surface area contributed by atoms with Crippen molar-refractivity contribution in [3.8, 4) is 0 Å². The van der Waals surface area contributed by atoms with Crippen molar-refractivity contribution in [2.24, 2.45) is 0 Å². The Balaban J connectivity index is 1.66. The van der Waals surface area contributed by atoms with Crippen LogP contribution < -0.4 is 0 Å². The Morgan fingerprint density at radius 3 is 2.45 bits per heavy atom. The van der Waals surface area contributed by atoms with Gasteiger partial charge in [-0.2, -0.15) is 13.2 Å². The molecule has 2 amide bonds. The van der Waals surface area contributed by atoms with Crippen molar-refractivity contribution in [2.75, 3.05) is 19.6 Å². The van der Waals surface area contributed by atoms with Gasteiger partial charge in [-0.05, 0) is 35.2 Å². The molecule has 0 aliphatic carbocycles.